The lowest BCUT2D eigenvalue weighted by atomic mass is 10.1. The normalized spacial score (nSPS) is 12.3. The van der Waals surface area contributed by atoms with Crippen molar-refractivity contribution in [3.8, 4) is 0 Å². The molecule has 0 fully saturated rings. The number of rotatable bonds is 5. The standard InChI is InChI=1S/C13H14N2O3/c1-10(11-5-3-2-4-6-11)14-9-12-7-8-13(18-12)15(16)17/h2-8,10,14H,9H2,1H3. The van der Waals surface area contributed by atoms with Crippen LogP contribution in [0.5, 0.6) is 0 Å². The van der Waals surface area contributed by atoms with Gasteiger partial charge in [0.2, 0.25) is 0 Å². The van der Waals surface area contributed by atoms with Gasteiger partial charge in [-0.05, 0) is 18.6 Å². The Morgan fingerprint density at radius 3 is 2.61 bits per heavy atom. The van der Waals surface area contributed by atoms with E-state index in [1.807, 2.05) is 37.3 Å². The molecule has 0 aliphatic rings. The first-order chi connectivity index (χ1) is 8.66. The average Bonchev–Trinajstić information content (AvgIpc) is 2.86. The Bertz CT molecular complexity index is 522. The molecular formula is C13H14N2O3. The second-order valence-electron chi connectivity index (χ2n) is 4.01. The molecule has 0 aliphatic heterocycles. The monoisotopic (exact) mass is 246 g/mol. The summed E-state index contributed by atoms with van der Waals surface area (Å²) in [5, 5.41) is 13.7. The van der Waals surface area contributed by atoms with E-state index in [9.17, 15) is 10.1 Å². The van der Waals surface area contributed by atoms with Crippen molar-refractivity contribution < 1.29 is 9.34 Å². The molecule has 0 bridgehead atoms. The molecule has 1 atom stereocenters. The first-order valence-electron chi connectivity index (χ1n) is 5.68. The Morgan fingerprint density at radius 2 is 2.00 bits per heavy atom. The summed E-state index contributed by atoms with van der Waals surface area (Å²) < 4.78 is 5.07. The van der Waals surface area contributed by atoms with E-state index in [0.29, 0.717) is 12.3 Å². The smallest absolute Gasteiger partial charge is 0.404 e. The number of hydrogen-bond donors (Lipinski definition) is 1. The molecule has 0 radical (unpaired) electrons. The molecule has 1 aromatic carbocycles. The number of benzene rings is 1. The molecule has 5 nitrogen and oxygen atoms in total. The van der Waals surface area contributed by atoms with Gasteiger partial charge in [-0.3, -0.25) is 10.1 Å². The molecule has 0 saturated heterocycles. The van der Waals surface area contributed by atoms with Gasteiger partial charge in [-0.1, -0.05) is 30.3 Å². The minimum absolute atomic E-state index is 0.162. The highest BCUT2D eigenvalue weighted by molar-refractivity contribution is 5.20. The van der Waals surface area contributed by atoms with Crippen LogP contribution < -0.4 is 5.32 Å². The van der Waals surface area contributed by atoms with Gasteiger partial charge in [0.15, 0.2) is 0 Å². The highest BCUT2D eigenvalue weighted by Gasteiger charge is 2.12. The van der Waals surface area contributed by atoms with E-state index in [1.165, 1.54) is 11.6 Å². The van der Waals surface area contributed by atoms with Gasteiger partial charge in [0, 0.05) is 6.04 Å². The molecule has 0 spiro atoms. The van der Waals surface area contributed by atoms with Crippen molar-refractivity contribution in [2.75, 3.05) is 0 Å². The summed E-state index contributed by atoms with van der Waals surface area (Å²) in [7, 11) is 0. The summed E-state index contributed by atoms with van der Waals surface area (Å²) in [6.07, 6.45) is 0. The van der Waals surface area contributed by atoms with Crippen LogP contribution in [0, 0.1) is 10.1 Å². The molecular weight excluding hydrogens is 232 g/mol. The zero-order chi connectivity index (χ0) is 13.0. The van der Waals surface area contributed by atoms with Crippen molar-refractivity contribution in [1.82, 2.24) is 5.32 Å². The van der Waals surface area contributed by atoms with E-state index >= 15 is 0 Å². The zero-order valence-electron chi connectivity index (χ0n) is 10.00. The van der Waals surface area contributed by atoms with Crippen LogP contribution >= 0.6 is 0 Å². The molecule has 2 aromatic rings. The fourth-order valence-electron chi connectivity index (χ4n) is 1.67. The lowest BCUT2D eigenvalue weighted by molar-refractivity contribution is -0.402. The van der Waals surface area contributed by atoms with E-state index in [4.69, 9.17) is 4.42 Å². The van der Waals surface area contributed by atoms with Crippen LogP contribution in [0.1, 0.15) is 24.3 Å². The van der Waals surface area contributed by atoms with Gasteiger partial charge in [0.05, 0.1) is 12.6 Å². The molecule has 0 amide bonds. The Kier molecular flexibility index (Phi) is 3.74. The number of nitro groups is 1. The van der Waals surface area contributed by atoms with Gasteiger partial charge in [0.25, 0.3) is 0 Å². The van der Waals surface area contributed by atoms with E-state index < -0.39 is 4.92 Å². The first-order valence-corrected chi connectivity index (χ1v) is 5.68. The van der Waals surface area contributed by atoms with Gasteiger partial charge in [-0.25, -0.2) is 0 Å². The molecule has 2 rings (SSSR count). The summed E-state index contributed by atoms with van der Waals surface area (Å²) in [5.41, 5.74) is 1.17. The molecule has 1 aromatic heterocycles. The van der Waals surface area contributed by atoms with Gasteiger partial charge < -0.3 is 9.73 Å². The number of furan rings is 1. The van der Waals surface area contributed by atoms with Crippen molar-refractivity contribution in [3.63, 3.8) is 0 Å². The first kappa shape index (κ1) is 12.3. The number of nitrogens with zero attached hydrogens (tertiary/aromatic N) is 1. The molecule has 1 heterocycles. The maximum Gasteiger partial charge on any atom is 0.433 e. The highest BCUT2D eigenvalue weighted by Crippen LogP contribution is 2.17. The molecule has 5 heteroatoms. The third-order valence-electron chi connectivity index (χ3n) is 2.71. The second-order valence-corrected chi connectivity index (χ2v) is 4.01. The van der Waals surface area contributed by atoms with Crippen molar-refractivity contribution >= 4 is 5.88 Å². The average molecular weight is 246 g/mol. The second kappa shape index (κ2) is 5.46. The Morgan fingerprint density at radius 1 is 1.28 bits per heavy atom. The molecule has 18 heavy (non-hydrogen) atoms. The Hall–Kier alpha value is -2.14. The van der Waals surface area contributed by atoms with Crippen LogP contribution in [0.25, 0.3) is 0 Å². The van der Waals surface area contributed by atoms with Crippen molar-refractivity contribution in [2.45, 2.75) is 19.5 Å². The summed E-state index contributed by atoms with van der Waals surface area (Å²) in [4.78, 5) is 9.93. The minimum atomic E-state index is -0.538. The predicted octanol–water partition coefficient (Wildman–Crippen LogP) is 3.04. The van der Waals surface area contributed by atoms with Crippen LogP contribution in [0.3, 0.4) is 0 Å². The lowest BCUT2D eigenvalue weighted by Crippen LogP contribution is -2.17. The van der Waals surface area contributed by atoms with Gasteiger partial charge >= 0.3 is 5.88 Å². The van der Waals surface area contributed by atoms with E-state index in [0.717, 1.165) is 0 Å². The van der Waals surface area contributed by atoms with Crippen LogP contribution in [-0.4, -0.2) is 4.92 Å². The summed E-state index contributed by atoms with van der Waals surface area (Å²) in [5.74, 6) is 0.337. The molecule has 1 N–H and O–H groups in total. The van der Waals surface area contributed by atoms with Gasteiger partial charge in [-0.2, -0.15) is 0 Å². The summed E-state index contributed by atoms with van der Waals surface area (Å²) in [6.45, 7) is 2.50. The van der Waals surface area contributed by atoms with Gasteiger partial charge in [-0.15, -0.1) is 0 Å². The predicted molar refractivity (Wildman–Crippen MR) is 67.1 cm³/mol. The lowest BCUT2D eigenvalue weighted by Gasteiger charge is -2.12. The van der Waals surface area contributed by atoms with Gasteiger partial charge in [0.1, 0.15) is 10.7 Å². The third kappa shape index (κ3) is 2.95. The van der Waals surface area contributed by atoms with Crippen molar-refractivity contribution in [3.05, 3.63) is 63.9 Å². The van der Waals surface area contributed by atoms with Crippen LogP contribution in [0.2, 0.25) is 0 Å². The van der Waals surface area contributed by atoms with Crippen molar-refractivity contribution in [1.29, 1.82) is 0 Å². The Labute approximate surface area is 105 Å². The number of hydrogen-bond acceptors (Lipinski definition) is 4. The van der Waals surface area contributed by atoms with E-state index in [2.05, 4.69) is 5.32 Å². The van der Waals surface area contributed by atoms with Crippen LogP contribution in [-0.2, 0) is 6.54 Å². The maximum absolute atomic E-state index is 10.5. The zero-order valence-corrected chi connectivity index (χ0v) is 10.00. The molecule has 1 unspecified atom stereocenters. The molecule has 0 saturated carbocycles. The van der Waals surface area contributed by atoms with Crippen molar-refractivity contribution in [2.24, 2.45) is 0 Å². The fourth-order valence-corrected chi connectivity index (χ4v) is 1.67. The van der Waals surface area contributed by atoms with E-state index in [1.54, 1.807) is 6.07 Å². The maximum atomic E-state index is 10.5. The molecule has 0 aliphatic carbocycles. The molecule has 94 valence electrons. The Balaban J connectivity index is 1.93. The summed E-state index contributed by atoms with van der Waals surface area (Å²) >= 11 is 0. The van der Waals surface area contributed by atoms with E-state index in [-0.39, 0.29) is 11.9 Å². The highest BCUT2D eigenvalue weighted by atomic mass is 16.6. The quantitative estimate of drug-likeness (QED) is 0.650. The van der Waals surface area contributed by atoms with Crippen LogP contribution in [0.15, 0.2) is 46.9 Å². The SMILES string of the molecule is CC(NCc1ccc([N+](=O)[O-])o1)c1ccccc1. The minimum Gasteiger partial charge on any atom is -0.404 e. The van der Waals surface area contributed by atoms with Crippen LogP contribution in [0.4, 0.5) is 5.88 Å². The topological polar surface area (TPSA) is 68.3 Å². The summed E-state index contributed by atoms with van der Waals surface area (Å²) in [6, 6.07) is 13.1. The fraction of sp³-hybridized carbons (Fsp3) is 0.231. The largest absolute Gasteiger partial charge is 0.433 e. The number of nitrogens with one attached hydrogen (secondary N) is 1. The third-order valence-corrected chi connectivity index (χ3v) is 2.71.